The van der Waals surface area contributed by atoms with Crippen LogP contribution >= 0.6 is 0 Å². The van der Waals surface area contributed by atoms with Crippen LogP contribution in [0.15, 0.2) is 72.9 Å². The Bertz CT molecular complexity index is 1440. The topological polar surface area (TPSA) is 110 Å². The van der Waals surface area contributed by atoms with E-state index in [-0.39, 0.29) is 5.56 Å². The molecule has 184 valence electrons. The first kappa shape index (κ1) is 24.5. The number of carboxylic acids is 1. The van der Waals surface area contributed by atoms with Crippen molar-refractivity contribution in [3.05, 3.63) is 84.1 Å². The number of pyridine rings is 1. The summed E-state index contributed by atoms with van der Waals surface area (Å²) in [7, 11) is 0. The Kier molecular flexibility index (Phi) is 6.78. The fraction of sp³-hybridized carbons (Fsp3) is 0.179. The lowest BCUT2D eigenvalue weighted by Gasteiger charge is -2.20. The molecule has 1 heterocycles. The smallest absolute Gasteiger partial charge is 0.412 e. The maximum Gasteiger partial charge on any atom is 0.412 e. The first-order chi connectivity index (χ1) is 17.1. The highest BCUT2D eigenvalue weighted by molar-refractivity contribution is 6.03. The van der Waals surface area contributed by atoms with E-state index in [0.717, 1.165) is 16.3 Å². The van der Waals surface area contributed by atoms with Crippen LogP contribution in [-0.4, -0.2) is 27.8 Å². The van der Waals surface area contributed by atoms with Gasteiger partial charge in [0.15, 0.2) is 0 Å². The first-order valence-corrected chi connectivity index (χ1v) is 11.3. The second-order valence-corrected chi connectivity index (χ2v) is 9.28. The number of nitrogens with zero attached hydrogens (tertiary/aromatic N) is 1. The second kappa shape index (κ2) is 9.95. The fourth-order valence-corrected chi connectivity index (χ4v) is 3.68. The maximum absolute atomic E-state index is 12.3. The molecule has 0 unspecified atom stereocenters. The number of hydrogen-bond donors (Lipinski definition) is 3. The van der Waals surface area contributed by atoms with Gasteiger partial charge in [0.05, 0.1) is 11.3 Å². The zero-order valence-corrected chi connectivity index (χ0v) is 20.5. The van der Waals surface area contributed by atoms with Gasteiger partial charge in [0.25, 0.3) is 0 Å². The summed E-state index contributed by atoms with van der Waals surface area (Å²) in [5.74, 6) is 0.642. The average Bonchev–Trinajstić information content (AvgIpc) is 2.79. The Morgan fingerprint density at radius 1 is 0.944 bits per heavy atom. The van der Waals surface area contributed by atoms with Crippen molar-refractivity contribution in [1.29, 1.82) is 0 Å². The number of carboxylic acid groups (broad SMARTS) is 1. The monoisotopic (exact) mass is 485 g/mol. The van der Waals surface area contributed by atoms with Crippen LogP contribution in [0.3, 0.4) is 0 Å². The molecule has 0 aliphatic rings. The molecule has 0 saturated carbocycles. The van der Waals surface area contributed by atoms with Crippen LogP contribution in [0.25, 0.3) is 10.8 Å². The van der Waals surface area contributed by atoms with Gasteiger partial charge in [-0.1, -0.05) is 24.3 Å². The number of amides is 1. The molecule has 3 aromatic carbocycles. The fourth-order valence-electron chi connectivity index (χ4n) is 3.68. The van der Waals surface area contributed by atoms with Crippen molar-refractivity contribution in [1.82, 2.24) is 4.98 Å². The van der Waals surface area contributed by atoms with Crippen LogP contribution in [0.5, 0.6) is 11.5 Å². The Morgan fingerprint density at radius 2 is 1.69 bits per heavy atom. The summed E-state index contributed by atoms with van der Waals surface area (Å²) in [6.07, 6.45) is 1.07. The Hall–Kier alpha value is -4.59. The molecule has 0 bridgehead atoms. The quantitative estimate of drug-likeness (QED) is 0.267. The Morgan fingerprint density at radius 3 is 2.42 bits per heavy atom. The number of rotatable bonds is 6. The molecule has 0 aliphatic heterocycles. The van der Waals surface area contributed by atoms with E-state index in [9.17, 15) is 14.7 Å². The van der Waals surface area contributed by atoms with Gasteiger partial charge in [0.2, 0.25) is 0 Å². The molecule has 8 nitrogen and oxygen atoms in total. The van der Waals surface area contributed by atoms with Crippen LogP contribution in [0.2, 0.25) is 0 Å². The molecule has 0 atom stereocenters. The van der Waals surface area contributed by atoms with Crippen molar-refractivity contribution >= 4 is 40.0 Å². The molecule has 0 fully saturated rings. The molecule has 4 rings (SSSR count). The number of benzene rings is 3. The molecule has 0 saturated heterocycles. The number of anilines is 3. The largest absolute Gasteiger partial charge is 0.478 e. The molecular weight excluding hydrogens is 458 g/mol. The van der Waals surface area contributed by atoms with Gasteiger partial charge in [-0.3, -0.25) is 5.32 Å². The summed E-state index contributed by atoms with van der Waals surface area (Å²) < 4.78 is 11.6. The molecule has 0 radical (unpaired) electrons. The number of ether oxygens (including phenoxy) is 2. The highest BCUT2D eigenvalue weighted by atomic mass is 16.6. The van der Waals surface area contributed by atoms with Crippen molar-refractivity contribution in [3.8, 4) is 11.5 Å². The van der Waals surface area contributed by atoms with Gasteiger partial charge in [-0.15, -0.1) is 0 Å². The molecule has 1 amide bonds. The van der Waals surface area contributed by atoms with E-state index in [2.05, 4.69) is 15.6 Å². The lowest BCUT2D eigenvalue weighted by atomic mass is 10.1. The Labute approximate surface area is 208 Å². The molecular formula is C28H27N3O5. The number of fused-ring (bicyclic) bond motifs is 1. The number of hydrogen-bond acceptors (Lipinski definition) is 6. The van der Waals surface area contributed by atoms with Crippen LogP contribution in [-0.2, 0) is 4.74 Å². The van der Waals surface area contributed by atoms with Gasteiger partial charge >= 0.3 is 12.1 Å². The summed E-state index contributed by atoms with van der Waals surface area (Å²) >= 11 is 0. The SMILES string of the molecule is Cc1cc(Nc2cc(Oc3ccc(NC(=O)OC(C)(C)C)c4ccccc34)ccn2)cc(C(=O)O)c1. The van der Waals surface area contributed by atoms with E-state index < -0.39 is 17.7 Å². The van der Waals surface area contributed by atoms with Crippen LogP contribution in [0.1, 0.15) is 36.7 Å². The van der Waals surface area contributed by atoms with E-state index in [4.69, 9.17) is 9.47 Å². The summed E-state index contributed by atoms with van der Waals surface area (Å²) in [6.45, 7) is 7.26. The van der Waals surface area contributed by atoms with E-state index in [0.29, 0.717) is 28.7 Å². The van der Waals surface area contributed by atoms with E-state index in [1.54, 1.807) is 42.6 Å². The predicted octanol–water partition coefficient (Wildman–Crippen LogP) is 7.12. The van der Waals surface area contributed by atoms with Crippen molar-refractivity contribution < 1.29 is 24.2 Å². The van der Waals surface area contributed by atoms with Gasteiger partial charge in [-0.25, -0.2) is 14.6 Å². The van der Waals surface area contributed by atoms with Crippen LogP contribution in [0.4, 0.5) is 22.0 Å². The van der Waals surface area contributed by atoms with Gasteiger partial charge in [0.1, 0.15) is 22.9 Å². The van der Waals surface area contributed by atoms with E-state index in [1.807, 2.05) is 58.0 Å². The summed E-state index contributed by atoms with van der Waals surface area (Å²) in [5.41, 5.74) is 1.62. The summed E-state index contributed by atoms with van der Waals surface area (Å²) in [4.78, 5) is 28.0. The summed E-state index contributed by atoms with van der Waals surface area (Å²) in [6, 6.07) is 19.6. The highest BCUT2D eigenvalue weighted by Gasteiger charge is 2.18. The number of aryl methyl sites for hydroxylation is 1. The van der Waals surface area contributed by atoms with Crippen LogP contribution < -0.4 is 15.4 Å². The van der Waals surface area contributed by atoms with E-state index >= 15 is 0 Å². The lowest BCUT2D eigenvalue weighted by molar-refractivity contribution is 0.0634. The molecule has 3 N–H and O–H groups in total. The predicted molar refractivity (Wildman–Crippen MR) is 140 cm³/mol. The van der Waals surface area contributed by atoms with Crippen LogP contribution in [0, 0.1) is 6.92 Å². The number of carbonyl (C=O) groups is 2. The standard InChI is InChI=1S/C28H27N3O5/c1-17-13-18(26(32)33)15-19(14-17)30-25-16-20(11-12-29-25)35-24-10-9-23(21-7-5-6-8-22(21)24)31-27(34)36-28(2,3)4/h5-16H,1-4H3,(H,29,30)(H,31,34)(H,32,33). The number of carbonyl (C=O) groups excluding carboxylic acids is 1. The molecule has 8 heteroatoms. The molecule has 4 aromatic rings. The lowest BCUT2D eigenvalue weighted by Crippen LogP contribution is -2.27. The number of aromatic carboxylic acids is 1. The zero-order valence-electron chi connectivity index (χ0n) is 20.5. The minimum atomic E-state index is -0.997. The molecule has 0 aliphatic carbocycles. The first-order valence-electron chi connectivity index (χ1n) is 11.3. The van der Waals surface area contributed by atoms with Crippen molar-refractivity contribution in [3.63, 3.8) is 0 Å². The van der Waals surface area contributed by atoms with Crippen molar-refractivity contribution in [2.75, 3.05) is 10.6 Å². The molecule has 0 spiro atoms. The average molecular weight is 486 g/mol. The van der Waals surface area contributed by atoms with Crippen molar-refractivity contribution in [2.24, 2.45) is 0 Å². The molecule has 1 aromatic heterocycles. The zero-order chi connectivity index (χ0) is 25.9. The van der Waals surface area contributed by atoms with Gasteiger partial charge in [-0.2, -0.15) is 0 Å². The number of aromatic nitrogens is 1. The minimum absolute atomic E-state index is 0.191. The molecule has 36 heavy (non-hydrogen) atoms. The summed E-state index contributed by atoms with van der Waals surface area (Å²) in [5, 5.41) is 16.9. The van der Waals surface area contributed by atoms with Gasteiger partial charge < -0.3 is 19.9 Å². The normalized spacial score (nSPS) is 11.1. The van der Waals surface area contributed by atoms with Gasteiger partial charge in [-0.05, 0) is 69.7 Å². The van der Waals surface area contributed by atoms with E-state index in [1.165, 1.54) is 0 Å². The Balaban J connectivity index is 1.58. The maximum atomic E-state index is 12.3. The third kappa shape index (κ3) is 6.09. The third-order valence-electron chi connectivity index (χ3n) is 5.08. The second-order valence-electron chi connectivity index (χ2n) is 9.28. The third-order valence-corrected chi connectivity index (χ3v) is 5.08. The minimum Gasteiger partial charge on any atom is -0.478 e. The van der Waals surface area contributed by atoms with Gasteiger partial charge in [0, 0.05) is 28.7 Å². The number of nitrogens with one attached hydrogen (secondary N) is 2. The highest BCUT2D eigenvalue weighted by Crippen LogP contribution is 2.35. The van der Waals surface area contributed by atoms with Crippen molar-refractivity contribution in [2.45, 2.75) is 33.3 Å².